The number of carbonyl (C=O) groups is 2. The maximum Gasteiger partial charge on any atom is 0.410 e. The lowest BCUT2D eigenvalue weighted by Crippen LogP contribution is -2.43. The lowest BCUT2D eigenvalue weighted by atomic mass is 9.96. The van der Waals surface area contributed by atoms with Gasteiger partial charge in [-0.05, 0) is 18.4 Å². The number of hydrogen-bond donors (Lipinski definition) is 2. The van der Waals surface area contributed by atoms with E-state index in [1.54, 1.807) is 4.90 Å². The van der Waals surface area contributed by atoms with Crippen molar-refractivity contribution in [2.75, 3.05) is 26.2 Å². The van der Waals surface area contributed by atoms with Gasteiger partial charge in [0.05, 0.1) is 6.54 Å². The number of amides is 2. The zero-order chi connectivity index (χ0) is 17.2. The standard InChI is InChI=1S/C18H22N2O4/c21-13-5-4-10-19-17(22)16-8-11-20(12-9-16)18(23)24-14-15-6-2-1-3-7-15/h1-3,6-7,16,21H,8-14H2,(H,19,22). The minimum atomic E-state index is -0.341. The number of aliphatic hydroxyl groups excluding tert-OH is 1. The van der Waals surface area contributed by atoms with Crippen molar-refractivity contribution in [1.82, 2.24) is 10.2 Å². The molecule has 0 radical (unpaired) electrons. The fourth-order valence-electron chi connectivity index (χ4n) is 2.53. The van der Waals surface area contributed by atoms with Crippen LogP contribution in [-0.4, -0.2) is 48.2 Å². The van der Waals surface area contributed by atoms with Crippen LogP contribution in [0.25, 0.3) is 0 Å². The first-order valence-corrected chi connectivity index (χ1v) is 8.00. The lowest BCUT2D eigenvalue weighted by molar-refractivity contribution is -0.126. The molecule has 1 heterocycles. The molecular formula is C18H22N2O4. The molecule has 1 fully saturated rings. The molecule has 1 aliphatic heterocycles. The highest BCUT2D eigenvalue weighted by Gasteiger charge is 2.27. The third kappa shape index (κ3) is 5.60. The van der Waals surface area contributed by atoms with Gasteiger partial charge in [0, 0.05) is 19.0 Å². The average Bonchev–Trinajstić information content (AvgIpc) is 2.64. The van der Waals surface area contributed by atoms with Crippen molar-refractivity contribution >= 4 is 12.0 Å². The minimum absolute atomic E-state index is 0.0560. The first kappa shape index (κ1) is 17.8. The van der Waals surface area contributed by atoms with Gasteiger partial charge in [0.25, 0.3) is 0 Å². The van der Waals surface area contributed by atoms with Crippen LogP contribution in [0.1, 0.15) is 18.4 Å². The molecule has 2 rings (SSSR count). The van der Waals surface area contributed by atoms with Crippen molar-refractivity contribution in [2.24, 2.45) is 5.92 Å². The van der Waals surface area contributed by atoms with Crippen molar-refractivity contribution in [2.45, 2.75) is 19.4 Å². The summed E-state index contributed by atoms with van der Waals surface area (Å²) < 4.78 is 5.30. The number of aliphatic hydroxyl groups is 1. The monoisotopic (exact) mass is 330 g/mol. The molecule has 0 bridgehead atoms. The number of hydrogen-bond acceptors (Lipinski definition) is 4. The number of ether oxygens (including phenoxy) is 1. The number of carbonyl (C=O) groups excluding carboxylic acids is 2. The summed E-state index contributed by atoms with van der Waals surface area (Å²) in [6.45, 7) is 1.30. The van der Waals surface area contributed by atoms with Crippen molar-refractivity contribution in [1.29, 1.82) is 0 Å². The highest BCUT2D eigenvalue weighted by molar-refractivity contribution is 5.79. The van der Waals surface area contributed by atoms with Gasteiger partial charge in [0.1, 0.15) is 13.2 Å². The fraction of sp³-hybridized carbons (Fsp3) is 0.444. The summed E-state index contributed by atoms with van der Waals surface area (Å²) in [6, 6.07) is 9.53. The number of piperidine rings is 1. The van der Waals surface area contributed by atoms with E-state index in [1.165, 1.54) is 0 Å². The number of nitrogens with one attached hydrogen (secondary N) is 1. The van der Waals surface area contributed by atoms with E-state index >= 15 is 0 Å². The van der Waals surface area contributed by atoms with Gasteiger partial charge in [-0.2, -0.15) is 0 Å². The van der Waals surface area contributed by atoms with Crippen LogP contribution in [0.4, 0.5) is 4.79 Å². The zero-order valence-corrected chi connectivity index (χ0v) is 13.5. The molecule has 0 aliphatic carbocycles. The van der Waals surface area contributed by atoms with Crippen molar-refractivity contribution in [3.8, 4) is 11.8 Å². The second kappa shape index (κ2) is 9.58. The van der Waals surface area contributed by atoms with Crippen LogP contribution in [0.5, 0.6) is 0 Å². The van der Waals surface area contributed by atoms with E-state index in [0.717, 1.165) is 5.56 Å². The van der Waals surface area contributed by atoms with Crippen LogP contribution < -0.4 is 5.32 Å². The molecule has 2 N–H and O–H groups in total. The van der Waals surface area contributed by atoms with Gasteiger partial charge in [-0.15, -0.1) is 0 Å². The molecule has 6 nitrogen and oxygen atoms in total. The van der Waals surface area contributed by atoms with E-state index in [1.807, 2.05) is 30.3 Å². The van der Waals surface area contributed by atoms with Gasteiger partial charge in [-0.25, -0.2) is 4.79 Å². The molecular weight excluding hydrogens is 308 g/mol. The zero-order valence-electron chi connectivity index (χ0n) is 13.5. The van der Waals surface area contributed by atoms with Gasteiger partial charge in [0.2, 0.25) is 5.91 Å². The highest BCUT2D eigenvalue weighted by atomic mass is 16.6. The van der Waals surface area contributed by atoms with Crippen LogP contribution in [0.2, 0.25) is 0 Å². The summed E-state index contributed by atoms with van der Waals surface area (Å²) in [5.41, 5.74) is 0.948. The largest absolute Gasteiger partial charge is 0.445 e. The van der Waals surface area contributed by atoms with Crippen LogP contribution in [-0.2, 0) is 16.1 Å². The Bertz CT molecular complexity index is 598. The summed E-state index contributed by atoms with van der Waals surface area (Å²) in [4.78, 5) is 25.7. The smallest absolute Gasteiger partial charge is 0.410 e. The summed E-state index contributed by atoms with van der Waals surface area (Å²) in [5.74, 6) is 4.96. The first-order chi connectivity index (χ1) is 11.7. The van der Waals surface area contributed by atoms with Crippen molar-refractivity contribution in [3.63, 3.8) is 0 Å². The third-order valence-electron chi connectivity index (χ3n) is 3.88. The Kier molecular flexibility index (Phi) is 7.12. The molecule has 6 heteroatoms. The first-order valence-electron chi connectivity index (χ1n) is 8.00. The Morgan fingerprint density at radius 1 is 1.21 bits per heavy atom. The normalized spacial score (nSPS) is 14.5. The topological polar surface area (TPSA) is 78.9 Å². The minimum Gasteiger partial charge on any atom is -0.445 e. The highest BCUT2D eigenvalue weighted by Crippen LogP contribution is 2.18. The molecule has 1 aromatic rings. The third-order valence-corrected chi connectivity index (χ3v) is 3.88. The number of likely N-dealkylation sites (tertiary alicyclic amines) is 1. The van der Waals surface area contributed by atoms with Crippen molar-refractivity contribution in [3.05, 3.63) is 35.9 Å². The second-order valence-electron chi connectivity index (χ2n) is 5.53. The molecule has 2 amide bonds. The molecule has 0 saturated carbocycles. The summed E-state index contributed by atoms with van der Waals surface area (Å²) in [5, 5.41) is 11.3. The fourth-order valence-corrected chi connectivity index (χ4v) is 2.53. The maximum absolute atomic E-state index is 12.1. The average molecular weight is 330 g/mol. The second-order valence-corrected chi connectivity index (χ2v) is 5.53. The summed E-state index contributed by atoms with van der Waals surface area (Å²) in [6.07, 6.45) is 0.880. The van der Waals surface area contributed by atoms with E-state index < -0.39 is 0 Å². The van der Waals surface area contributed by atoms with E-state index in [4.69, 9.17) is 9.84 Å². The Labute approximate surface area is 141 Å². The lowest BCUT2D eigenvalue weighted by Gasteiger charge is -2.30. The summed E-state index contributed by atoms with van der Waals surface area (Å²) >= 11 is 0. The van der Waals surface area contributed by atoms with E-state index in [0.29, 0.717) is 25.9 Å². The van der Waals surface area contributed by atoms with Crippen LogP contribution in [0, 0.1) is 17.8 Å². The molecule has 1 aromatic carbocycles. The predicted molar refractivity (Wildman–Crippen MR) is 88.8 cm³/mol. The molecule has 0 spiro atoms. The van der Waals surface area contributed by atoms with Crippen LogP contribution in [0.15, 0.2) is 30.3 Å². The predicted octanol–water partition coefficient (Wildman–Crippen LogP) is 1.15. The number of rotatable bonds is 4. The van der Waals surface area contributed by atoms with Crippen LogP contribution >= 0.6 is 0 Å². The van der Waals surface area contributed by atoms with Gasteiger partial charge in [-0.3, -0.25) is 4.79 Å². The van der Waals surface area contributed by atoms with Crippen LogP contribution in [0.3, 0.4) is 0 Å². The van der Waals surface area contributed by atoms with Gasteiger partial charge >= 0.3 is 6.09 Å². The Morgan fingerprint density at radius 3 is 2.58 bits per heavy atom. The van der Waals surface area contributed by atoms with E-state index in [-0.39, 0.29) is 37.7 Å². The molecule has 24 heavy (non-hydrogen) atoms. The van der Waals surface area contributed by atoms with Crippen molar-refractivity contribution < 1.29 is 19.4 Å². The number of benzene rings is 1. The quantitative estimate of drug-likeness (QED) is 0.812. The Morgan fingerprint density at radius 2 is 1.92 bits per heavy atom. The Hall–Kier alpha value is -2.52. The number of nitrogens with zero attached hydrogens (tertiary/aromatic N) is 1. The van der Waals surface area contributed by atoms with E-state index in [9.17, 15) is 9.59 Å². The molecule has 0 aromatic heterocycles. The molecule has 1 aliphatic rings. The summed E-state index contributed by atoms with van der Waals surface area (Å²) in [7, 11) is 0. The molecule has 0 atom stereocenters. The SMILES string of the molecule is O=C(NCC#CCO)C1CCN(C(=O)OCc2ccccc2)CC1. The van der Waals surface area contributed by atoms with E-state index in [2.05, 4.69) is 17.2 Å². The molecule has 0 unspecified atom stereocenters. The molecule has 1 saturated heterocycles. The Balaban J connectivity index is 1.69. The van der Waals surface area contributed by atoms with Gasteiger partial charge in [0.15, 0.2) is 0 Å². The maximum atomic E-state index is 12.1. The van der Waals surface area contributed by atoms with Gasteiger partial charge in [-0.1, -0.05) is 42.2 Å². The van der Waals surface area contributed by atoms with Gasteiger partial charge < -0.3 is 20.1 Å². The molecule has 128 valence electrons.